The molecule has 0 aromatic carbocycles. The fraction of sp³-hybridized carbons (Fsp3) is 0.462. The van der Waals surface area contributed by atoms with Crippen LogP contribution < -0.4 is 4.74 Å². The molecule has 0 bridgehead atoms. The van der Waals surface area contributed by atoms with E-state index in [1.807, 2.05) is 13.8 Å². The molecule has 96 valence electrons. The number of nitrogens with zero attached hydrogens (tertiary/aromatic N) is 2. The zero-order valence-corrected chi connectivity index (χ0v) is 10.5. The Bertz CT molecular complexity index is 464. The van der Waals surface area contributed by atoms with Gasteiger partial charge in [0.2, 0.25) is 0 Å². The molecule has 0 unspecified atom stereocenters. The van der Waals surface area contributed by atoms with E-state index in [0.717, 1.165) is 0 Å². The highest BCUT2D eigenvalue weighted by Crippen LogP contribution is 2.21. The van der Waals surface area contributed by atoms with Crippen LogP contribution in [0, 0.1) is 16.7 Å². The summed E-state index contributed by atoms with van der Waals surface area (Å²) in [5.41, 5.74) is -0.280. The average molecular weight is 248 g/mol. The predicted molar refractivity (Wildman–Crippen MR) is 65.3 cm³/mol. The van der Waals surface area contributed by atoms with E-state index in [1.54, 1.807) is 0 Å². The summed E-state index contributed by atoms with van der Waals surface area (Å²) in [6.45, 7) is 4.09. The number of nitriles is 1. The summed E-state index contributed by atoms with van der Waals surface area (Å²) in [5, 5.41) is 17.8. The number of ether oxygens (including phenoxy) is 1. The molecule has 18 heavy (non-hydrogen) atoms. The van der Waals surface area contributed by atoms with Gasteiger partial charge in [-0.05, 0) is 32.8 Å². The van der Waals surface area contributed by atoms with Crippen LogP contribution in [0.5, 0.6) is 5.75 Å². The van der Waals surface area contributed by atoms with Crippen molar-refractivity contribution in [3.8, 4) is 11.8 Å². The van der Waals surface area contributed by atoms with Crippen LogP contribution in [0.3, 0.4) is 0 Å². The minimum Gasteiger partial charge on any atom is -0.491 e. The van der Waals surface area contributed by atoms with E-state index < -0.39 is 5.97 Å². The van der Waals surface area contributed by atoms with Crippen molar-refractivity contribution in [3.63, 3.8) is 0 Å². The Balaban J connectivity index is 2.50. The van der Waals surface area contributed by atoms with Crippen molar-refractivity contribution in [2.45, 2.75) is 26.7 Å². The van der Waals surface area contributed by atoms with Gasteiger partial charge in [-0.2, -0.15) is 5.26 Å². The first-order valence-corrected chi connectivity index (χ1v) is 5.67. The van der Waals surface area contributed by atoms with Gasteiger partial charge in [-0.15, -0.1) is 0 Å². The second kappa shape index (κ2) is 6.01. The highest BCUT2D eigenvalue weighted by atomic mass is 16.5. The van der Waals surface area contributed by atoms with Gasteiger partial charge in [-0.1, -0.05) is 0 Å². The Hall–Kier alpha value is -2.09. The SMILES string of the molecule is CC(C)(C#N)CCCOc1cnccc1C(=O)O. The number of rotatable bonds is 6. The van der Waals surface area contributed by atoms with Crippen molar-refractivity contribution in [2.24, 2.45) is 5.41 Å². The molecule has 0 aliphatic carbocycles. The summed E-state index contributed by atoms with van der Waals surface area (Å²) in [6.07, 6.45) is 4.19. The molecule has 0 fully saturated rings. The molecule has 0 atom stereocenters. The predicted octanol–water partition coefficient (Wildman–Crippen LogP) is 2.49. The Morgan fingerprint density at radius 3 is 2.94 bits per heavy atom. The molecule has 0 saturated carbocycles. The first-order valence-electron chi connectivity index (χ1n) is 5.67. The molecule has 0 amide bonds. The fourth-order valence-corrected chi connectivity index (χ4v) is 1.42. The maximum atomic E-state index is 10.9. The van der Waals surface area contributed by atoms with Gasteiger partial charge in [-0.25, -0.2) is 4.79 Å². The topological polar surface area (TPSA) is 83.2 Å². The highest BCUT2D eigenvalue weighted by Gasteiger charge is 2.16. The number of hydrogen-bond acceptors (Lipinski definition) is 4. The van der Waals surface area contributed by atoms with Crippen LogP contribution in [0.15, 0.2) is 18.5 Å². The lowest BCUT2D eigenvalue weighted by Gasteiger charge is -2.15. The van der Waals surface area contributed by atoms with E-state index in [0.29, 0.717) is 19.4 Å². The third kappa shape index (κ3) is 4.06. The molecule has 0 aliphatic rings. The Morgan fingerprint density at radius 2 is 2.33 bits per heavy atom. The van der Waals surface area contributed by atoms with Gasteiger partial charge in [0.25, 0.3) is 0 Å². The second-order valence-corrected chi connectivity index (χ2v) is 4.62. The van der Waals surface area contributed by atoms with Crippen molar-refractivity contribution in [1.29, 1.82) is 5.26 Å². The molecule has 5 heteroatoms. The number of carboxylic acids is 1. The molecule has 1 N–H and O–H groups in total. The first-order chi connectivity index (χ1) is 8.46. The number of carboxylic acid groups (broad SMARTS) is 1. The number of carbonyl (C=O) groups is 1. The van der Waals surface area contributed by atoms with Crippen LogP contribution in [-0.4, -0.2) is 22.7 Å². The summed E-state index contributed by atoms with van der Waals surface area (Å²) in [5.74, 6) is -0.774. The molecular weight excluding hydrogens is 232 g/mol. The van der Waals surface area contributed by atoms with Gasteiger partial charge >= 0.3 is 5.97 Å². The fourth-order valence-electron chi connectivity index (χ4n) is 1.42. The molecule has 1 aromatic heterocycles. The molecular formula is C13H16N2O3. The van der Waals surface area contributed by atoms with Gasteiger partial charge in [0, 0.05) is 6.20 Å². The van der Waals surface area contributed by atoms with Crippen molar-refractivity contribution in [1.82, 2.24) is 4.98 Å². The number of aromatic carboxylic acids is 1. The van der Waals surface area contributed by atoms with Gasteiger partial charge in [0.15, 0.2) is 5.75 Å². The molecule has 0 spiro atoms. The standard InChI is InChI=1S/C13H16N2O3/c1-13(2,9-14)5-3-7-18-11-8-15-6-4-10(11)12(16)17/h4,6,8H,3,5,7H2,1-2H3,(H,16,17). The minimum atomic E-state index is -1.04. The Labute approximate surface area is 106 Å². The van der Waals surface area contributed by atoms with Gasteiger partial charge in [-0.3, -0.25) is 4.98 Å². The lowest BCUT2D eigenvalue weighted by atomic mass is 9.90. The van der Waals surface area contributed by atoms with E-state index in [2.05, 4.69) is 11.1 Å². The highest BCUT2D eigenvalue weighted by molar-refractivity contribution is 5.90. The van der Waals surface area contributed by atoms with E-state index in [4.69, 9.17) is 15.1 Å². The quantitative estimate of drug-likeness (QED) is 0.782. The van der Waals surface area contributed by atoms with Crippen molar-refractivity contribution in [3.05, 3.63) is 24.0 Å². The third-order valence-corrected chi connectivity index (χ3v) is 2.52. The maximum Gasteiger partial charge on any atom is 0.339 e. The van der Waals surface area contributed by atoms with Crippen molar-refractivity contribution in [2.75, 3.05) is 6.61 Å². The summed E-state index contributed by atoms with van der Waals surface area (Å²) < 4.78 is 5.39. The molecule has 0 saturated heterocycles. The van der Waals surface area contributed by atoms with Gasteiger partial charge in [0.05, 0.1) is 24.3 Å². The molecule has 0 radical (unpaired) electrons. The monoisotopic (exact) mass is 248 g/mol. The molecule has 5 nitrogen and oxygen atoms in total. The third-order valence-electron chi connectivity index (χ3n) is 2.52. The van der Waals surface area contributed by atoms with E-state index in [1.165, 1.54) is 18.5 Å². The van der Waals surface area contributed by atoms with Crippen LogP contribution in [-0.2, 0) is 0 Å². The normalized spacial score (nSPS) is 10.7. The van der Waals surface area contributed by atoms with E-state index >= 15 is 0 Å². The zero-order valence-electron chi connectivity index (χ0n) is 10.5. The lowest BCUT2D eigenvalue weighted by molar-refractivity contribution is 0.0691. The summed E-state index contributed by atoms with van der Waals surface area (Å²) in [6, 6.07) is 3.61. The Kier molecular flexibility index (Phi) is 4.67. The summed E-state index contributed by atoms with van der Waals surface area (Å²) >= 11 is 0. The number of hydrogen-bond donors (Lipinski definition) is 1. The largest absolute Gasteiger partial charge is 0.491 e. The molecule has 0 aliphatic heterocycles. The number of aromatic nitrogens is 1. The minimum absolute atomic E-state index is 0.101. The number of pyridine rings is 1. The average Bonchev–Trinajstić information content (AvgIpc) is 2.35. The summed E-state index contributed by atoms with van der Waals surface area (Å²) in [7, 11) is 0. The smallest absolute Gasteiger partial charge is 0.339 e. The molecule has 1 rings (SSSR count). The van der Waals surface area contributed by atoms with E-state index in [-0.39, 0.29) is 16.7 Å². The van der Waals surface area contributed by atoms with Crippen molar-refractivity contribution >= 4 is 5.97 Å². The molecule has 1 heterocycles. The summed E-state index contributed by atoms with van der Waals surface area (Å²) in [4.78, 5) is 14.7. The van der Waals surface area contributed by atoms with Crippen LogP contribution in [0.2, 0.25) is 0 Å². The van der Waals surface area contributed by atoms with Gasteiger partial charge < -0.3 is 9.84 Å². The zero-order chi connectivity index (χ0) is 13.6. The maximum absolute atomic E-state index is 10.9. The second-order valence-electron chi connectivity index (χ2n) is 4.62. The van der Waals surface area contributed by atoms with Gasteiger partial charge in [0.1, 0.15) is 5.56 Å². The van der Waals surface area contributed by atoms with Crippen LogP contribution in [0.1, 0.15) is 37.0 Å². The van der Waals surface area contributed by atoms with Crippen LogP contribution >= 0.6 is 0 Å². The van der Waals surface area contributed by atoms with Crippen LogP contribution in [0.25, 0.3) is 0 Å². The lowest BCUT2D eigenvalue weighted by Crippen LogP contribution is -2.11. The Morgan fingerprint density at radius 1 is 1.61 bits per heavy atom. The van der Waals surface area contributed by atoms with E-state index in [9.17, 15) is 4.79 Å². The van der Waals surface area contributed by atoms with Crippen molar-refractivity contribution < 1.29 is 14.6 Å². The van der Waals surface area contributed by atoms with Crippen LogP contribution in [0.4, 0.5) is 0 Å². The first kappa shape index (κ1) is 14.0. The molecule has 1 aromatic rings.